The Labute approximate surface area is 158 Å². The molecule has 5 heteroatoms. The minimum atomic E-state index is -0.0149. The van der Waals surface area contributed by atoms with Crippen LogP contribution >= 0.6 is 11.8 Å². The summed E-state index contributed by atoms with van der Waals surface area (Å²) in [5, 5.41) is 12.2. The zero-order valence-corrected chi connectivity index (χ0v) is 15.7. The number of aryl methyl sites for hydroxylation is 2. The molecule has 0 aliphatic heterocycles. The third-order valence-corrected chi connectivity index (χ3v) is 5.05. The van der Waals surface area contributed by atoms with E-state index in [0.29, 0.717) is 12.3 Å². The van der Waals surface area contributed by atoms with Gasteiger partial charge in [-0.3, -0.25) is 4.79 Å². The summed E-state index contributed by atoms with van der Waals surface area (Å²) in [5.41, 5.74) is 5.47. The molecule has 0 saturated heterocycles. The van der Waals surface area contributed by atoms with E-state index in [9.17, 15) is 4.79 Å². The Kier molecular flexibility index (Phi) is 6.02. The van der Waals surface area contributed by atoms with Crippen LogP contribution in [0.3, 0.4) is 0 Å². The molecule has 0 fully saturated rings. The van der Waals surface area contributed by atoms with Crippen LogP contribution in [0.4, 0.5) is 0 Å². The van der Waals surface area contributed by atoms with Gasteiger partial charge in [0.15, 0.2) is 0 Å². The molecule has 0 bridgehead atoms. The molecule has 1 heterocycles. The van der Waals surface area contributed by atoms with Crippen molar-refractivity contribution in [3.63, 3.8) is 0 Å². The Morgan fingerprint density at radius 1 is 0.962 bits per heavy atom. The monoisotopic (exact) mass is 363 g/mol. The number of amides is 1. The molecule has 1 N–H and O–H groups in total. The van der Waals surface area contributed by atoms with E-state index in [4.69, 9.17) is 0 Å². The third kappa shape index (κ3) is 4.92. The fourth-order valence-corrected chi connectivity index (χ4v) is 3.08. The van der Waals surface area contributed by atoms with Gasteiger partial charge >= 0.3 is 0 Å². The molecule has 0 unspecified atom stereocenters. The predicted molar refractivity (Wildman–Crippen MR) is 106 cm³/mol. The first-order chi connectivity index (χ1) is 12.6. The maximum atomic E-state index is 12.0. The lowest BCUT2D eigenvalue weighted by atomic mass is 10.0. The zero-order chi connectivity index (χ0) is 18.4. The van der Waals surface area contributed by atoms with Crippen LogP contribution in [-0.4, -0.2) is 21.9 Å². The Hall–Kier alpha value is -2.66. The van der Waals surface area contributed by atoms with Gasteiger partial charge in [0.2, 0.25) is 5.91 Å². The maximum Gasteiger partial charge on any atom is 0.230 e. The highest BCUT2D eigenvalue weighted by atomic mass is 32.2. The van der Waals surface area contributed by atoms with Crippen LogP contribution in [0.2, 0.25) is 0 Å². The second kappa shape index (κ2) is 8.63. The van der Waals surface area contributed by atoms with Crippen LogP contribution in [0.25, 0.3) is 11.3 Å². The van der Waals surface area contributed by atoms with Crippen molar-refractivity contribution in [3.05, 3.63) is 77.4 Å². The Morgan fingerprint density at radius 3 is 2.46 bits per heavy atom. The van der Waals surface area contributed by atoms with E-state index >= 15 is 0 Å². The minimum Gasteiger partial charge on any atom is -0.351 e. The highest BCUT2D eigenvalue weighted by molar-refractivity contribution is 7.99. The minimum absolute atomic E-state index is 0.0149. The van der Waals surface area contributed by atoms with Crippen molar-refractivity contribution in [2.45, 2.75) is 25.4 Å². The summed E-state index contributed by atoms with van der Waals surface area (Å²) >= 11 is 1.39. The maximum absolute atomic E-state index is 12.0. The zero-order valence-electron chi connectivity index (χ0n) is 14.9. The number of rotatable bonds is 6. The van der Waals surface area contributed by atoms with E-state index < -0.39 is 0 Å². The molecule has 0 radical (unpaired) electrons. The highest BCUT2D eigenvalue weighted by Gasteiger charge is 2.06. The normalized spacial score (nSPS) is 10.5. The van der Waals surface area contributed by atoms with E-state index in [0.717, 1.165) is 21.8 Å². The van der Waals surface area contributed by atoms with Crippen molar-refractivity contribution in [2.75, 3.05) is 5.75 Å². The van der Waals surface area contributed by atoms with Crippen LogP contribution in [-0.2, 0) is 11.3 Å². The van der Waals surface area contributed by atoms with E-state index in [1.54, 1.807) is 0 Å². The number of carbonyl (C=O) groups is 1. The average molecular weight is 363 g/mol. The number of carbonyl (C=O) groups excluding carboxylic acids is 1. The van der Waals surface area contributed by atoms with Crippen molar-refractivity contribution in [1.29, 1.82) is 0 Å². The van der Waals surface area contributed by atoms with Gasteiger partial charge in [-0.25, -0.2) is 0 Å². The second-order valence-electron chi connectivity index (χ2n) is 6.11. The number of hydrogen-bond donors (Lipinski definition) is 1. The molecule has 4 nitrogen and oxygen atoms in total. The number of thioether (sulfide) groups is 1. The highest BCUT2D eigenvalue weighted by Crippen LogP contribution is 2.22. The van der Waals surface area contributed by atoms with Crippen LogP contribution in [0.15, 0.2) is 65.7 Å². The van der Waals surface area contributed by atoms with Gasteiger partial charge in [-0.2, -0.15) is 0 Å². The predicted octanol–water partition coefficient (Wildman–Crippen LogP) is 4.17. The van der Waals surface area contributed by atoms with Gasteiger partial charge < -0.3 is 5.32 Å². The lowest BCUT2D eigenvalue weighted by Gasteiger charge is -2.06. The first-order valence-electron chi connectivity index (χ1n) is 8.46. The van der Waals surface area contributed by atoms with Gasteiger partial charge in [-0.15, -0.1) is 10.2 Å². The van der Waals surface area contributed by atoms with Gasteiger partial charge in [0.1, 0.15) is 5.03 Å². The third-order valence-electron chi connectivity index (χ3n) is 4.13. The van der Waals surface area contributed by atoms with Gasteiger partial charge in [-0.1, -0.05) is 54.2 Å². The molecular weight excluding hydrogens is 342 g/mol. The fourth-order valence-electron chi connectivity index (χ4n) is 2.44. The molecule has 0 spiro atoms. The van der Waals surface area contributed by atoms with Crippen LogP contribution < -0.4 is 5.32 Å². The van der Waals surface area contributed by atoms with Gasteiger partial charge in [0.05, 0.1) is 11.4 Å². The lowest BCUT2D eigenvalue weighted by molar-refractivity contribution is -0.118. The van der Waals surface area contributed by atoms with Crippen LogP contribution in [0.5, 0.6) is 0 Å². The standard InChI is InChI=1S/C21H21N3OS/c1-15-8-9-18(12-16(15)2)19-10-11-21(24-23-19)26-14-20(25)22-13-17-6-4-3-5-7-17/h3-12H,13-14H2,1-2H3,(H,22,25). The smallest absolute Gasteiger partial charge is 0.230 e. The lowest BCUT2D eigenvalue weighted by Crippen LogP contribution is -2.24. The summed E-state index contributed by atoms with van der Waals surface area (Å²) in [5.74, 6) is 0.309. The average Bonchev–Trinajstić information content (AvgIpc) is 2.68. The molecule has 3 rings (SSSR count). The topological polar surface area (TPSA) is 54.9 Å². The SMILES string of the molecule is Cc1ccc(-c2ccc(SCC(=O)NCc3ccccc3)nn2)cc1C. The van der Waals surface area contributed by atoms with Crippen LogP contribution in [0, 0.1) is 13.8 Å². The molecule has 3 aromatic rings. The van der Waals surface area contributed by atoms with E-state index in [1.165, 1.54) is 22.9 Å². The van der Waals surface area contributed by atoms with Crippen molar-refractivity contribution >= 4 is 17.7 Å². The van der Waals surface area contributed by atoms with E-state index in [-0.39, 0.29) is 5.91 Å². The molecule has 0 atom stereocenters. The number of nitrogens with one attached hydrogen (secondary N) is 1. The van der Waals surface area contributed by atoms with Crippen LogP contribution in [0.1, 0.15) is 16.7 Å². The fraction of sp³-hybridized carbons (Fsp3) is 0.190. The number of nitrogens with zero attached hydrogens (tertiary/aromatic N) is 2. The summed E-state index contributed by atoms with van der Waals surface area (Å²) in [6.45, 7) is 4.72. The Bertz CT molecular complexity index is 880. The van der Waals surface area contributed by atoms with Gasteiger partial charge in [0, 0.05) is 12.1 Å². The molecular formula is C21H21N3OS. The Morgan fingerprint density at radius 2 is 1.77 bits per heavy atom. The molecule has 0 aliphatic rings. The van der Waals surface area contributed by atoms with Gasteiger partial charge in [-0.05, 0) is 48.7 Å². The number of hydrogen-bond acceptors (Lipinski definition) is 4. The van der Waals surface area contributed by atoms with Crippen molar-refractivity contribution in [3.8, 4) is 11.3 Å². The summed E-state index contributed by atoms with van der Waals surface area (Å²) in [6, 6.07) is 20.0. The molecule has 2 aromatic carbocycles. The first-order valence-corrected chi connectivity index (χ1v) is 9.45. The largest absolute Gasteiger partial charge is 0.351 e. The summed E-state index contributed by atoms with van der Waals surface area (Å²) in [6.07, 6.45) is 0. The summed E-state index contributed by atoms with van der Waals surface area (Å²) in [7, 11) is 0. The van der Waals surface area contributed by atoms with Crippen molar-refractivity contribution in [2.24, 2.45) is 0 Å². The van der Waals surface area contributed by atoms with Crippen molar-refractivity contribution < 1.29 is 4.79 Å². The summed E-state index contributed by atoms with van der Waals surface area (Å²) in [4.78, 5) is 12.0. The number of benzene rings is 2. The summed E-state index contributed by atoms with van der Waals surface area (Å²) < 4.78 is 0. The van der Waals surface area contributed by atoms with E-state index in [1.807, 2.05) is 42.5 Å². The Balaban J connectivity index is 1.52. The molecule has 0 aliphatic carbocycles. The first kappa shape index (κ1) is 18.1. The molecule has 1 aromatic heterocycles. The molecule has 1 amide bonds. The van der Waals surface area contributed by atoms with Gasteiger partial charge in [0.25, 0.3) is 0 Å². The van der Waals surface area contributed by atoms with E-state index in [2.05, 4.69) is 47.6 Å². The molecule has 132 valence electrons. The molecule has 26 heavy (non-hydrogen) atoms. The van der Waals surface area contributed by atoms with Crippen molar-refractivity contribution in [1.82, 2.24) is 15.5 Å². The molecule has 0 saturated carbocycles. The second-order valence-corrected chi connectivity index (χ2v) is 7.10. The quantitative estimate of drug-likeness (QED) is 0.668. The number of aromatic nitrogens is 2.